The number of carbonyl (C=O) groups excluding carboxylic acids is 1. The average Bonchev–Trinajstić information content (AvgIpc) is 2.24. The number of rotatable bonds is 4. The lowest BCUT2D eigenvalue weighted by Gasteiger charge is -2.19. The summed E-state index contributed by atoms with van der Waals surface area (Å²) in [6, 6.07) is 8.12. The second kappa shape index (κ2) is 6.60. The van der Waals surface area contributed by atoms with Crippen LogP contribution in [0.2, 0.25) is 0 Å². The Morgan fingerprint density at radius 3 is 2.32 bits per heavy atom. The van der Waals surface area contributed by atoms with E-state index >= 15 is 0 Å². The van der Waals surface area contributed by atoms with Gasteiger partial charge in [0.05, 0.1) is 6.54 Å². The molecule has 1 aromatic rings. The molecule has 0 spiro atoms. The summed E-state index contributed by atoms with van der Waals surface area (Å²) >= 11 is 0. The number of benzene rings is 1. The highest BCUT2D eigenvalue weighted by atomic mass is 16.6. The topological polar surface area (TPSA) is 40.4 Å². The van der Waals surface area contributed by atoms with Crippen LogP contribution in [0.4, 0.5) is 4.79 Å². The summed E-state index contributed by atoms with van der Waals surface area (Å²) in [6.45, 7) is 10.3. The van der Waals surface area contributed by atoms with Crippen LogP contribution in [0, 0.1) is 5.92 Å². The van der Waals surface area contributed by atoms with Crippen molar-refractivity contribution in [2.45, 2.75) is 53.2 Å². The molecule has 0 aliphatic carbocycles. The molecule has 3 heteroatoms. The van der Waals surface area contributed by atoms with E-state index in [0.717, 1.165) is 12.0 Å². The molecule has 0 atom stereocenters. The standard InChI is InChI=1S/C16H24NO2/c1-12(2)10-13-8-6-7-9-14(13)11-17-15(18)19-16(3,4)5/h6-9,12H,10-11H2,1-5H3. The normalized spacial score (nSPS) is 11.5. The fourth-order valence-corrected chi connectivity index (χ4v) is 1.79. The zero-order valence-corrected chi connectivity index (χ0v) is 12.6. The Morgan fingerprint density at radius 1 is 1.21 bits per heavy atom. The Kier molecular flexibility index (Phi) is 5.40. The van der Waals surface area contributed by atoms with Crippen molar-refractivity contribution in [3.63, 3.8) is 0 Å². The minimum atomic E-state index is -0.494. The van der Waals surface area contributed by atoms with Crippen molar-refractivity contribution in [2.75, 3.05) is 0 Å². The van der Waals surface area contributed by atoms with Gasteiger partial charge in [0.2, 0.25) is 0 Å². The Balaban J connectivity index is 2.60. The predicted molar refractivity (Wildman–Crippen MR) is 77.1 cm³/mol. The van der Waals surface area contributed by atoms with Gasteiger partial charge >= 0.3 is 6.09 Å². The van der Waals surface area contributed by atoms with E-state index in [1.165, 1.54) is 5.56 Å². The minimum Gasteiger partial charge on any atom is -0.442 e. The summed E-state index contributed by atoms with van der Waals surface area (Å²) < 4.78 is 5.17. The summed E-state index contributed by atoms with van der Waals surface area (Å²) in [6.07, 6.45) is 0.506. The van der Waals surface area contributed by atoms with Crippen LogP contribution in [-0.4, -0.2) is 11.7 Å². The molecule has 0 aromatic heterocycles. The number of amides is 1. The van der Waals surface area contributed by atoms with Crippen LogP contribution < -0.4 is 5.32 Å². The highest BCUT2D eigenvalue weighted by molar-refractivity contribution is 5.67. The van der Waals surface area contributed by atoms with Gasteiger partial charge in [0.25, 0.3) is 0 Å². The summed E-state index contributed by atoms with van der Waals surface area (Å²) in [5.41, 5.74) is 1.87. The van der Waals surface area contributed by atoms with E-state index in [-0.39, 0.29) is 0 Å². The number of carbonyl (C=O) groups is 1. The van der Waals surface area contributed by atoms with E-state index in [1.807, 2.05) is 39.0 Å². The third-order valence-electron chi connectivity index (χ3n) is 2.52. The number of hydrogen-bond acceptors (Lipinski definition) is 2. The molecule has 0 fully saturated rings. The Bertz CT molecular complexity index is 419. The quantitative estimate of drug-likeness (QED) is 0.825. The van der Waals surface area contributed by atoms with Crippen molar-refractivity contribution >= 4 is 6.09 Å². The first-order valence-electron chi connectivity index (χ1n) is 6.75. The van der Waals surface area contributed by atoms with Crippen LogP contribution >= 0.6 is 0 Å². The number of hydrogen-bond donors (Lipinski definition) is 0. The maximum absolute atomic E-state index is 11.6. The van der Waals surface area contributed by atoms with Crippen molar-refractivity contribution in [3.05, 3.63) is 35.4 Å². The zero-order valence-electron chi connectivity index (χ0n) is 12.6. The van der Waals surface area contributed by atoms with Crippen LogP contribution in [-0.2, 0) is 17.7 Å². The molecule has 1 rings (SSSR count). The van der Waals surface area contributed by atoms with E-state index in [2.05, 4.69) is 25.2 Å². The SMILES string of the molecule is CC(C)Cc1ccccc1C[N]C(=O)OC(C)(C)C. The molecule has 1 radical (unpaired) electrons. The molecule has 105 valence electrons. The lowest BCUT2D eigenvalue weighted by Crippen LogP contribution is -2.28. The third kappa shape index (κ3) is 6.27. The Morgan fingerprint density at radius 2 is 1.79 bits per heavy atom. The van der Waals surface area contributed by atoms with Gasteiger partial charge in [-0.25, -0.2) is 10.1 Å². The van der Waals surface area contributed by atoms with Crippen LogP contribution in [0.5, 0.6) is 0 Å². The summed E-state index contributed by atoms with van der Waals surface area (Å²) in [5.74, 6) is 0.586. The maximum atomic E-state index is 11.6. The molecular formula is C16H24NO2. The van der Waals surface area contributed by atoms with Gasteiger partial charge in [0.15, 0.2) is 0 Å². The molecule has 0 aliphatic rings. The highest BCUT2D eigenvalue weighted by Crippen LogP contribution is 2.14. The van der Waals surface area contributed by atoms with Gasteiger partial charge in [-0.3, -0.25) is 0 Å². The Hall–Kier alpha value is -1.51. The van der Waals surface area contributed by atoms with Gasteiger partial charge in [-0.1, -0.05) is 38.1 Å². The minimum absolute atomic E-state index is 0.387. The molecular weight excluding hydrogens is 238 g/mol. The maximum Gasteiger partial charge on any atom is 0.429 e. The Labute approximate surface area is 116 Å². The number of nitrogens with zero attached hydrogens (tertiary/aromatic N) is 1. The molecule has 3 nitrogen and oxygen atoms in total. The molecule has 0 N–H and O–H groups in total. The fraction of sp³-hybridized carbons (Fsp3) is 0.562. The smallest absolute Gasteiger partial charge is 0.429 e. The summed E-state index contributed by atoms with van der Waals surface area (Å²) in [5, 5.41) is 3.99. The van der Waals surface area contributed by atoms with Crippen LogP contribution in [0.3, 0.4) is 0 Å². The van der Waals surface area contributed by atoms with E-state index in [0.29, 0.717) is 12.5 Å². The average molecular weight is 262 g/mol. The van der Waals surface area contributed by atoms with Gasteiger partial charge < -0.3 is 4.74 Å². The van der Waals surface area contributed by atoms with E-state index in [4.69, 9.17) is 4.74 Å². The van der Waals surface area contributed by atoms with E-state index < -0.39 is 11.7 Å². The monoisotopic (exact) mass is 262 g/mol. The molecule has 0 saturated carbocycles. The number of ether oxygens (including phenoxy) is 1. The zero-order chi connectivity index (χ0) is 14.5. The van der Waals surface area contributed by atoms with Gasteiger partial charge in [0.1, 0.15) is 5.60 Å². The van der Waals surface area contributed by atoms with E-state index in [9.17, 15) is 4.79 Å². The first kappa shape index (κ1) is 15.5. The fourth-order valence-electron chi connectivity index (χ4n) is 1.79. The molecule has 0 saturated heterocycles. The summed E-state index contributed by atoms with van der Waals surface area (Å²) in [4.78, 5) is 11.6. The van der Waals surface area contributed by atoms with E-state index in [1.54, 1.807) is 0 Å². The molecule has 19 heavy (non-hydrogen) atoms. The molecule has 0 unspecified atom stereocenters. The lowest BCUT2D eigenvalue weighted by molar-refractivity contribution is 0.0516. The van der Waals surface area contributed by atoms with Gasteiger partial charge in [0, 0.05) is 0 Å². The molecule has 0 bridgehead atoms. The van der Waals surface area contributed by atoms with Gasteiger partial charge in [-0.05, 0) is 44.2 Å². The van der Waals surface area contributed by atoms with Crippen molar-refractivity contribution in [3.8, 4) is 0 Å². The molecule has 1 amide bonds. The van der Waals surface area contributed by atoms with Crippen LogP contribution in [0.1, 0.15) is 45.7 Å². The van der Waals surface area contributed by atoms with Crippen LogP contribution in [0.15, 0.2) is 24.3 Å². The molecule has 0 aliphatic heterocycles. The highest BCUT2D eigenvalue weighted by Gasteiger charge is 2.17. The lowest BCUT2D eigenvalue weighted by atomic mass is 9.98. The third-order valence-corrected chi connectivity index (χ3v) is 2.52. The van der Waals surface area contributed by atoms with Crippen molar-refractivity contribution < 1.29 is 9.53 Å². The summed E-state index contributed by atoms with van der Waals surface area (Å²) in [7, 11) is 0. The molecule has 0 heterocycles. The van der Waals surface area contributed by atoms with Crippen molar-refractivity contribution in [1.82, 2.24) is 5.32 Å². The van der Waals surface area contributed by atoms with Crippen LogP contribution in [0.25, 0.3) is 0 Å². The first-order chi connectivity index (χ1) is 8.78. The first-order valence-corrected chi connectivity index (χ1v) is 6.75. The molecule has 1 aromatic carbocycles. The second-order valence-electron chi connectivity index (χ2n) is 6.16. The van der Waals surface area contributed by atoms with Gasteiger partial charge in [-0.2, -0.15) is 0 Å². The van der Waals surface area contributed by atoms with Gasteiger partial charge in [-0.15, -0.1) is 0 Å². The predicted octanol–water partition coefficient (Wildman–Crippen LogP) is 3.92. The second-order valence-corrected chi connectivity index (χ2v) is 6.16. The van der Waals surface area contributed by atoms with Crippen molar-refractivity contribution in [1.29, 1.82) is 0 Å². The van der Waals surface area contributed by atoms with Crippen molar-refractivity contribution in [2.24, 2.45) is 5.92 Å². The largest absolute Gasteiger partial charge is 0.442 e.